The molecule has 6 heteroatoms. The van der Waals surface area contributed by atoms with Crippen LogP contribution in [0.25, 0.3) is 0 Å². The Kier molecular flexibility index (Phi) is 5.67. The van der Waals surface area contributed by atoms with Crippen molar-refractivity contribution in [3.63, 3.8) is 0 Å². The number of nitrogens with two attached hydrogens (primary N) is 1. The maximum absolute atomic E-state index is 5.76. The van der Waals surface area contributed by atoms with Gasteiger partial charge in [-0.05, 0) is 43.7 Å². The lowest BCUT2D eigenvalue weighted by atomic mass is 10.2. The highest BCUT2D eigenvalue weighted by molar-refractivity contribution is 7.99. The average Bonchev–Trinajstić information content (AvgIpc) is 2.43. The van der Waals surface area contributed by atoms with Gasteiger partial charge in [0.05, 0.1) is 0 Å². The average molecular weight is 306 g/mol. The lowest BCUT2D eigenvalue weighted by molar-refractivity contribution is 0.871. The van der Waals surface area contributed by atoms with Gasteiger partial charge in [0.15, 0.2) is 5.16 Å². The van der Waals surface area contributed by atoms with Crippen LogP contribution in [0.15, 0.2) is 34.6 Å². The molecule has 2 N–H and O–H groups in total. The second kappa shape index (κ2) is 7.50. The van der Waals surface area contributed by atoms with Crippen LogP contribution in [0.5, 0.6) is 0 Å². The van der Waals surface area contributed by atoms with E-state index < -0.39 is 0 Å². The van der Waals surface area contributed by atoms with Crippen molar-refractivity contribution in [2.75, 3.05) is 17.7 Å². The van der Waals surface area contributed by atoms with Crippen LogP contribution < -0.4 is 5.73 Å². The number of nitrogens with zero attached hydrogens (tertiary/aromatic N) is 3. The molecule has 0 aliphatic heterocycles. The monoisotopic (exact) mass is 306 g/mol. The number of anilines is 1. The van der Waals surface area contributed by atoms with Gasteiger partial charge >= 0.3 is 0 Å². The Morgan fingerprint density at radius 3 is 2.85 bits per heavy atom. The minimum absolute atomic E-state index is 0.534. The third-order valence-corrected chi connectivity index (χ3v) is 4.25. The first kappa shape index (κ1) is 15.1. The molecule has 2 aromatic rings. The summed E-state index contributed by atoms with van der Waals surface area (Å²) in [5, 5.41) is 1.67. The van der Waals surface area contributed by atoms with Crippen molar-refractivity contribution < 1.29 is 0 Å². The fourth-order valence-corrected chi connectivity index (χ4v) is 3.02. The fraction of sp³-hybridized carbons (Fsp3) is 0.357. The molecule has 0 radical (unpaired) electrons. The van der Waals surface area contributed by atoms with E-state index in [0.29, 0.717) is 5.82 Å². The largest absolute Gasteiger partial charge is 0.384 e. The van der Waals surface area contributed by atoms with Crippen LogP contribution in [-0.4, -0.2) is 27.0 Å². The van der Waals surface area contributed by atoms with Crippen molar-refractivity contribution in [2.24, 2.45) is 0 Å². The zero-order valence-corrected chi connectivity index (χ0v) is 13.3. The molecule has 0 spiro atoms. The third-order valence-electron chi connectivity index (χ3n) is 2.69. The Labute approximate surface area is 128 Å². The van der Waals surface area contributed by atoms with E-state index in [2.05, 4.69) is 27.9 Å². The molecule has 106 valence electrons. The van der Waals surface area contributed by atoms with Crippen LogP contribution in [-0.2, 0) is 6.42 Å². The summed E-state index contributed by atoms with van der Waals surface area (Å²) in [5.41, 5.74) is 8.16. The highest BCUT2D eigenvalue weighted by atomic mass is 32.2. The van der Waals surface area contributed by atoms with E-state index in [9.17, 15) is 0 Å². The molecule has 0 aliphatic carbocycles. The first-order chi connectivity index (χ1) is 9.67. The van der Waals surface area contributed by atoms with E-state index >= 15 is 0 Å². The van der Waals surface area contributed by atoms with E-state index in [0.717, 1.165) is 34.5 Å². The van der Waals surface area contributed by atoms with Crippen LogP contribution in [0.1, 0.15) is 17.7 Å². The topological polar surface area (TPSA) is 64.7 Å². The molecule has 0 amide bonds. The summed E-state index contributed by atoms with van der Waals surface area (Å²) in [6.45, 7) is 2.09. The first-order valence-electron chi connectivity index (χ1n) is 6.40. The Hall–Kier alpha value is -1.27. The predicted octanol–water partition coefficient (Wildman–Crippen LogP) is 3.21. The van der Waals surface area contributed by atoms with Gasteiger partial charge in [-0.15, -0.1) is 11.8 Å². The number of hydrogen-bond acceptors (Lipinski definition) is 6. The van der Waals surface area contributed by atoms with Crippen molar-refractivity contribution in [1.82, 2.24) is 15.0 Å². The second-order valence-electron chi connectivity index (χ2n) is 4.39. The summed E-state index contributed by atoms with van der Waals surface area (Å²) in [6, 6.07) is 5.95. The van der Waals surface area contributed by atoms with Gasteiger partial charge in [-0.25, -0.2) is 9.97 Å². The van der Waals surface area contributed by atoms with E-state index in [1.807, 2.05) is 18.5 Å². The zero-order valence-electron chi connectivity index (χ0n) is 11.7. The normalized spacial score (nSPS) is 10.7. The van der Waals surface area contributed by atoms with Gasteiger partial charge in [-0.3, -0.25) is 4.98 Å². The SMILES string of the molecule is CSc1cc(N)nc(SCCCc2cc(C)ccn2)n1. The molecule has 0 unspecified atom stereocenters. The Morgan fingerprint density at radius 2 is 2.10 bits per heavy atom. The fourth-order valence-electron chi connectivity index (χ4n) is 1.74. The Morgan fingerprint density at radius 1 is 1.25 bits per heavy atom. The Bertz CT molecular complexity index is 575. The minimum Gasteiger partial charge on any atom is -0.384 e. The van der Waals surface area contributed by atoms with Crippen molar-refractivity contribution in [2.45, 2.75) is 29.9 Å². The lowest BCUT2D eigenvalue weighted by Crippen LogP contribution is -1.97. The Balaban J connectivity index is 1.82. The number of aromatic nitrogens is 3. The number of thioether (sulfide) groups is 2. The zero-order chi connectivity index (χ0) is 14.4. The molecule has 0 bridgehead atoms. The smallest absolute Gasteiger partial charge is 0.190 e. The van der Waals surface area contributed by atoms with Crippen LogP contribution in [0, 0.1) is 6.92 Å². The predicted molar refractivity (Wildman–Crippen MR) is 86.2 cm³/mol. The van der Waals surface area contributed by atoms with Crippen molar-refractivity contribution in [3.05, 3.63) is 35.7 Å². The number of hydrogen-bond donors (Lipinski definition) is 1. The molecule has 0 saturated heterocycles. The molecular weight excluding hydrogens is 288 g/mol. The minimum atomic E-state index is 0.534. The van der Waals surface area contributed by atoms with Crippen LogP contribution in [0.4, 0.5) is 5.82 Å². The number of aryl methyl sites for hydroxylation is 2. The summed E-state index contributed by atoms with van der Waals surface area (Å²) in [4.78, 5) is 13.0. The van der Waals surface area contributed by atoms with Crippen molar-refractivity contribution in [3.8, 4) is 0 Å². The molecular formula is C14H18N4S2. The van der Waals surface area contributed by atoms with E-state index in [4.69, 9.17) is 5.73 Å². The maximum Gasteiger partial charge on any atom is 0.190 e. The standard InChI is InChI=1S/C14H18N4S2/c1-10-5-6-16-11(8-10)4-3-7-20-14-17-12(15)9-13(18-14)19-2/h5-6,8-9H,3-4,7H2,1-2H3,(H2,15,17,18). The summed E-state index contributed by atoms with van der Waals surface area (Å²) in [6.07, 6.45) is 5.88. The van der Waals surface area contributed by atoms with E-state index in [1.54, 1.807) is 29.6 Å². The molecule has 0 atom stereocenters. The molecule has 2 heterocycles. The molecule has 20 heavy (non-hydrogen) atoms. The maximum atomic E-state index is 5.76. The molecule has 4 nitrogen and oxygen atoms in total. The van der Waals surface area contributed by atoms with E-state index in [-0.39, 0.29) is 0 Å². The number of pyridine rings is 1. The highest BCUT2D eigenvalue weighted by Gasteiger charge is 2.03. The molecule has 0 saturated carbocycles. The van der Waals surface area contributed by atoms with Crippen molar-refractivity contribution in [1.29, 1.82) is 0 Å². The highest BCUT2D eigenvalue weighted by Crippen LogP contribution is 2.21. The lowest BCUT2D eigenvalue weighted by Gasteiger charge is -2.04. The van der Waals surface area contributed by atoms with Gasteiger partial charge < -0.3 is 5.73 Å². The van der Waals surface area contributed by atoms with Crippen LogP contribution in [0.3, 0.4) is 0 Å². The van der Waals surface area contributed by atoms with Gasteiger partial charge in [0, 0.05) is 23.7 Å². The summed E-state index contributed by atoms with van der Waals surface area (Å²) < 4.78 is 0. The van der Waals surface area contributed by atoms with Crippen LogP contribution >= 0.6 is 23.5 Å². The van der Waals surface area contributed by atoms with Gasteiger partial charge in [0.25, 0.3) is 0 Å². The molecule has 2 aromatic heterocycles. The quantitative estimate of drug-likeness (QED) is 0.383. The number of nitrogen functional groups attached to an aromatic ring is 1. The molecule has 0 aliphatic rings. The van der Waals surface area contributed by atoms with Gasteiger partial charge in [-0.1, -0.05) is 11.8 Å². The second-order valence-corrected chi connectivity index (χ2v) is 6.28. The van der Waals surface area contributed by atoms with Gasteiger partial charge in [-0.2, -0.15) is 0 Å². The molecule has 0 aromatic carbocycles. The molecule has 0 fully saturated rings. The molecule has 2 rings (SSSR count). The third kappa shape index (κ3) is 4.68. The van der Waals surface area contributed by atoms with E-state index in [1.165, 1.54) is 5.56 Å². The van der Waals surface area contributed by atoms with Gasteiger partial charge in [0.1, 0.15) is 10.8 Å². The first-order valence-corrected chi connectivity index (χ1v) is 8.61. The van der Waals surface area contributed by atoms with Gasteiger partial charge in [0.2, 0.25) is 0 Å². The van der Waals surface area contributed by atoms with Crippen molar-refractivity contribution >= 4 is 29.3 Å². The summed E-state index contributed by atoms with van der Waals surface area (Å²) in [7, 11) is 0. The number of rotatable bonds is 6. The summed E-state index contributed by atoms with van der Waals surface area (Å²) >= 11 is 3.22. The summed E-state index contributed by atoms with van der Waals surface area (Å²) in [5.74, 6) is 1.50. The van der Waals surface area contributed by atoms with Crippen LogP contribution in [0.2, 0.25) is 0 Å².